The van der Waals surface area contributed by atoms with Crippen LogP contribution in [0.25, 0.3) is 0 Å². The number of nitrogens with zero attached hydrogens (tertiary/aromatic N) is 1. The van der Waals surface area contributed by atoms with E-state index >= 15 is 0 Å². The second kappa shape index (κ2) is 5.27. The molecule has 1 saturated heterocycles. The first-order chi connectivity index (χ1) is 8.16. The zero-order valence-electron chi connectivity index (χ0n) is 9.79. The lowest BCUT2D eigenvalue weighted by Crippen LogP contribution is -2.32. The minimum Gasteiger partial charge on any atom is -0.383 e. The lowest BCUT2D eigenvalue weighted by Gasteiger charge is -2.16. The number of amides is 2. The summed E-state index contributed by atoms with van der Waals surface area (Å²) in [6, 6.07) is 5.78. The molecule has 2 amide bonds. The molecule has 2 N–H and O–H groups in total. The molecule has 0 radical (unpaired) electrons. The topological polar surface area (TPSA) is 44.4 Å². The SMILES string of the molecule is Cc1ccc(Cl)cc1NCCN1CCNC1=O. The molecule has 0 bridgehead atoms. The first-order valence-electron chi connectivity index (χ1n) is 5.69. The molecule has 17 heavy (non-hydrogen) atoms. The molecule has 0 aliphatic carbocycles. The molecular formula is C12H16ClN3O. The summed E-state index contributed by atoms with van der Waals surface area (Å²) in [6.07, 6.45) is 0. The van der Waals surface area contributed by atoms with Gasteiger partial charge in [-0.1, -0.05) is 17.7 Å². The largest absolute Gasteiger partial charge is 0.383 e. The standard InChI is InChI=1S/C12H16ClN3O/c1-9-2-3-10(13)8-11(9)14-4-6-16-7-5-15-12(16)17/h2-3,8,14H,4-7H2,1H3,(H,15,17). The summed E-state index contributed by atoms with van der Waals surface area (Å²) in [4.78, 5) is 13.1. The lowest BCUT2D eigenvalue weighted by molar-refractivity contribution is 0.219. The first kappa shape index (κ1) is 12.0. The van der Waals surface area contributed by atoms with Crippen molar-refractivity contribution < 1.29 is 4.79 Å². The van der Waals surface area contributed by atoms with Gasteiger partial charge in [0.1, 0.15) is 0 Å². The summed E-state index contributed by atoms with van der Waals surface area (Å²) in [6.45, 7) is 5.00. The molecule has 0 saturated carbocycles. The minimum atomic E-state index is 0.0228. The van der Waals surface area contributed by atoms with E-state index in [0.29, 0.717) is 6.54 Å². The van der Waals surface area contributed by atoms with E-state index in [1.807, 2.05) is 25.1 Å². The Morgan fingerprint density at radius 3 is 3.06 bits per heavy atom. The smallest absolute Gasteiger partial charge is 0.317 e. The van der Waals surface area contributed by atoms with E-state index in [9.17, 15) is 4.79 Å². The molecule has 1 heterocycles. The summed E-state index contributed by atoms with van der Waals surface area (Å²) in [7, 11) is 0. The average molecular weight is 254 g/mol. The van der Waals surface area contributed by atoms with Crippen LogP contribution in [0.3, 0.4) is 0 Å². The molecule has 2 rings (SSSR count). The van der Waals surface area contributed by atoms with E-state index in [-0.39, 0.29) is 6.03 Å². The number of rotatable bonds is 4. The van der Waals surface area contributed by atoms with Crippen molar-refractivity contribution in [2.24, 2.45) is 0 Å². The van der Waals surface area contributed by atoms with Crippen LogP contribution < -0.4 is 10.6 Å². The van der Waals surface area contributed by atoms with Gasteiger partial charge in [-0.2, -0.15) is 0 Å². The van der Waals surface area contributed by atoms with Crippen molar-refractivity contribution in [3.8, 4) is 0 Å². The third-order valence-electron chi connectivity index (χ3n) is 2.84. The van der Waals surface area contributed by atoms with Crippen molar-refractivity contribution in [2.75, 3.05) is 31.5 Å². The van der Waals surface area contributed by atoms with E-state index in [1.165, 1.54) is 0 Å². The maximum absolute atomic E-state index is 11.3. The van der Waals surface area contributed by atoms with Gasteiger partial charge in [-0.25, -0.2) is 4.79 Å². The number of aryl methyl sites for hydroxylation is 1. The highest BCUT2D eigenvalue weighted by molar-refractivity contribution is 6.30. The van der Waals surface area contributed by atoms with Gasteiger partial charge in [-0.15, -0.1) is 0 Å². The highest BCUT2D eigenvalue weighted by Gasteiger charge is 2.18. The summed E-state index contributed by atoms with van der Waals surface area (Å²) < 4.78 is 0. The molecule has 1 aromatic carbocycles. The van der Waals surface area contributed by atoms with Crippen molar-refractivity contribution >= 4 is 23.3 Å². The molecule has 0 aromatic heterocycles. The molecule has 1 aliphatic rings. The summed E-state index contributed by atoms with van der Waals surface area (Å²) in [5.74, 6) is 0. The van der Waals surface area contributed by atoms with Gasteiger partial charge in [-0.3, -0.25) is 0 Å². The van der Waals surface area contributed by atoms with E-state index < -0.39 is 0 Å². The van der Waals surface area contributed by atoms with E-state index in [0.717, 1.165) is 35.9 Å². The molecule has 0 unspecified atom stereocenters. The number of urea groups is 1. The highest BCUT2D eigenvalue weighted by Crippen LogP contribution is 2.19. The quantitative estimate of drug-likeness (QED) is 0.863. The fourth-order valence-corrected chi connectivity index (χ4v) is 2.01. The Balaban J connectivity index is 1.85. The fourth-order valence-electron chi connectivity index (χ4n) is 1.83. The number of anilines is 1. The Morgan fingerprint density at radius 2 is 2.35 bits per heavy atom. The maximum atomic E-state index is 11.3. The Hall–Kier alpha value is -1.42. The van der Waals surface area contributed by atoms with Crippen molar-refractivity contribution in [1.82, 2.24) is 10.2 Å². The summed E-state index contributed by atoms with van der Waals surface area (Å²) in [5.41, 5.74) is 2.18. The second-order valence-electron chi connectivity index (χ2n) is 4.10. The van der Waals surface area contributed by atoms with Gasteiger partial charge in [-0.05, 0) is 24.6 Å². The van der Waals surface area contributed by atoms with Gasteiger partial charge in [0.25, 0.3) is 0 Å². The number of benzene rings is 1. The van der Waals surface area contributed by atoms with Crippen LogP contribution in [0.2, 0.25) is 5.02 Å². The lowest BCUT2D eigenvalue weighted by atomic mass is 10.2. The highest BCUT2D eigenvalue weighted by atomic mass is 35.5. The molecule has 1 aliphatic heterocycles. The molecule has 0 atom stereocenters. The van der Waals surface area contributed by atoms with E-state index in [4.69, 9.17) is 11.6 Å². The monoisotopic (exact) mass is 253 g/mol. The van der Waals surface area contributed by atoms with Gasteiger partial charge in [0.15, 0.2) is 0 Å². The molecule has 1 aromatic rings. The van der Waals surface area contributed by atoms with Crippen LogP contribution in [0.1, 0.15) is 5.56 Å². The van der Waals surface area contributed by atoms with Crippen LogP contribution in [-0.4, -0.2) is 37.1 Å². The summed E-state index contributed by atoms with van der Waals surface area (Å²) >= 11 is 5.93. The van der Waals surface area contributed by atoms with Gasteiger partial charge in [0.2, 0.25) is 0 Å². The normalized spacial score (nSPS) is 14.9. The number of nitrogens with one attached hydrogen (secondary N) is 2. The third kappa shape index (κ3) is 3.03. The fraction of sp³-hybridized carbons (Fsp3) is 0.417. The van der Waals surface area contributed by atoms with Crippen LogP contribution in [-0.2, 0) is 0 Å². The first-order valence-corrected chi connectivity index (χ1v) is 6.07. The Labute approximate surface area is 106 Å². The number of hydrogen-bond acceptors (Lipinski definition) is 2. The molecule has 0 spiro atoms. The molecular weight excluding hydrogens is 238 g/mol. The predicted molar refractivity (Wildman–Crippen MR) is 69.7 cm³/mol. The Kier molecular flexibility index (Phi) is 3.74. The molecule has 92 valence electrons. The average Bonchev–Trinajstić information content (AvgIpc) is 2.70. The van der Waals surface area contributed by atoms with E-state index in [1.54, 1.807) is 4.90 Å². The number of carbonyl (C=O) groups is 1. The van der Waals surface area contributed by atoms with Crippen molar-refractivity contribution in [2.45, 2.75) is 6.92 Å². The number of hydrogen-bond donors (Lipinski definition) is 2. The Bertz CT molecular complexity index is 422. The van der Waals surface area contributed by atoms with Crippen molar-refractivity contribution in [1.29, 1.82) is 0 Å². The van der Waals surface area contributed by atoms with Crippen molar-refractivity contribution in [3.63, 3.8) is 0 Å². The third-order valence-corrected chi connectivity index (χ3v) is 3.08. The van der Waals surface area contributed by atoms with Gasteiger partial charge in [0.05, 0.1) is 0 Å². The maximum Gasteiger partial charge on any atom is 0.317 e. The van der Waals surface area contributed by atoms with Crippen LogP contribution in [0.15, 0.2) is 18.2 Å². The van der Waals surface area contributed by atoms with Gasteiger partial charge < -0.3 is 15.5 Å². The van der Waals surface area contributed by atoms with Crippen LogP contribution in [0, 0.1) is 6.92 Å². The minimum absolute atomic E-state index is 0.0228. The zero-order chi connectivity index (χ0) is 12.3. The molecule has 5 heteroatoms. The van der Waals surface area contributed by atoms with Gasteiger partial charge >= 0.3 is 6.03 Å². The van der Waals surface area contributed by atoms with Crippen molar-refractivity contribution in [3.05, 3.63) is 28.8 Å². The summed E-state index contributed by atoms with van der Waals surface area (Å²) in [5, 5.41) is 6.79. The number of halogens is 1. The Morgan fingerprint density at radius 1 is 1.53 bits per heavy atom. The second-order valence-corrected chi connectivity index (χ2v) is 4.54. The molecule has 4 nitrogen and oxygen atoms in total. The van der Waals surface area contributed by atoms with Crippen LogP contribution in [0.4, 0.5) is 10.5 Å². The van der Waals surface area contributed by atoms with Crippen LogP contribution in [0.5, 0.6) is 0 Å². The van der Waals surface area contributed by atoms with Gasteiger partial charge in [0, 0.05) is 36.9 Å². The zero-order valence-corrected chi connectivity index (χ0v) is 10.5. The predicted octanol–water partition coefficient (Wildman–Crippen LogP) is 2.09. The number of carbonyl (C=O) groups excluding carboxylic acids is 1. The van der Waals surface area contributed by atoms with E-state index in [2.05, 4.69) is 10.6 Å². The molecule has 1 fully saturated rings. The van der Waals surface area contributed by atoms with Crippen LogP contribution >= 0.6 is 11.6 Å².